The van der Waals surface area contributed by atoms with E-state index >= 15 is 0 Å². The van der Waals surface area contributed by atoms with Gasteiger partial charge in [-0.15, -0.1) is 4.40 Å². The molecule has 29 heavy (non-hydrogen) atoms. The second-order valence-corrected chi connectivity index (χ2v) is 10.6. The molecule has 7 heteroatoms. The van der Waals surface area contributed by atoms with Crippen LogP contribution in [0.2, 0.25) is 0 Å². The van der Waals surface area contributed by atoms with Crippen LogP contribution in [0.3, 0.4) is 0 Å². The van der Waals surface area contributed by atoms with Gasteiger partial charge in [0.1, 0.15) is 10.9 Å². The minimum absolute atomic E-state index is 0.0336. The molecule has 2 aliphatic carbocycles. The summed E-state index contributed by atoms with van der Waals surface area (Å²) >= 11 is 0. The van der Waals surface area contributed by atoms with Crippen LogP contribution in [0.1, 0.15) is 63.4 Å². The number of hydrogen-bond acceptors (Lipinski definition) is 4. The van der Waals surface area contributed by atoms with Crippen molar-refractivity contribution in [1.29, 1.82) is 0 Å². The summed E-state index contributed by atoms with van der Waals surface area (Å²) in [5.41, 5.74) is 0.620. The molecule has 0 bridgehead atoms. The van der Waals surface area contributed by atoms with E-state index in [1.807, 2.05) is 11.0 Å². The van der Waals surface area contributed by atoms with E-state index < -0.39 is 10.0 Å². The Kier molecular flexibility index (Phi) is 4.88. The van der Waals surface area contributed by atoms with E-state index in [9.17, 15) is 13.2 Å². The first-order valence-electron chi connectivity index (χ1n) is 11.0. The van der Waals surface area contributed by atoms with E-state index in [0.717, 1.165) is 37.5 Å². The minimum Gasteiger partial charge on any atom is -0.352 e. The Bertz CT molecular complexity index is 942. The maximum Gasteiger partial charge on any atom is 0.285 e. The number of carbonyl (C=O) groups excluding carboxylic acids is 1. The Balaban J connectivity index is 1.31. The molecule has 156 valence electrons. The van der Waals surface area contributed by atoms with Crippen molar-refractivity contribution < 1.29 is 13.2 Å². The lowest BCUT2D eigenvalue weighted by atomic mass is 9.69. The van der Waals surface area contributed by atoms with Gasteiger partial charge in [-0.25, -0.2) is 0 Å². The van der Waals surface area contributed by atoms with Crippen molar-refractivity contribution in [2.75, 3.05) is 6.54 Å². The quantitative estimate of drug-likeness (QED) is 0.805. The highest BCUT2D eigenvalue weighted by molar-refractivity contribution is 7.90. The van der Waals surface area contributed by atoms with E-state index in [-0.39, 0.29) is 22.9 Å². The molecule has 0 aromatic heterocycles. The number of nitrogens with one attached hydrogen (secondary N) is 1. The van der Waals surface area contributed by atoms with Crippen molar-refractivity contribution in [2.24, 2.45) is 16.2 Å². The average Bonchev–Trinajstić information content (AvgIpc) is 3.31. The van der Waals surface area contributed by atoms with Gasteiger partial charge in [-0.05, 0) is 56.1 Å². The number of amidine groups is 1. The molecule has 1 N–H and O–H groups in total. The zero-order valence-electron chi connectivity index (χ0n) is 16.7. The van der Waals surface area contributed by atoms with Gasteiger partial charge in [0.15, 0.2) is 5.84 Å². The first kappa shape index (κ1) is 19.1. The van der Waals surface area contributed by atoms with Crippen molar-refractivity contribution in [3.63, 3.8) is 0 Å². The Morgan fingerprint density at radius 3 is 2.66 bits per heavy atom. The number of rotatable bonds is 2. The summed E-state index contributed by atoms with van der Waals surface area (Å²) in [6.45, 7) is 0.663. The second kappa shape index (κ2) is 7.42. The Morgan fingerprint density at radius 1 is 1.00 bits per heavy atom. The van der Waals surface area contributed by atoms with Crippen molar-refractivity contribution in [3.05, 3.63) is 29.8 Å². The van der Waals surface area contributed by atoms with Gasteiger partial charge in [0.05, 0.1) is 0 Å². The SMILES string of the molecule is O=C(NC1CCC2CCCCC2C1)C1CCCN1C1=NS(=O)(=O)c2ccccc21. The lowest BCUT2D eigenvalue weighted by molar-refractivity contribution is -0.125. The molecule has 1 aromatic rings. The normalized spacial score (nSPS) is 33.0. The Labute approximate surface area is 172 Å². The molecule has 0 spiro atoms. The summed E-state index contributed by atoms with van der Waals surface area (Å²) < 4.78 is 28.9. The predicted octanol–water partition coefficient (Wildman–Crippen LogP) is 3.08. The van der Waals surface area contributed by atoms with Crippen LogP contribution in [0.5, 0.6) is 0 Å². The molecule has 0 radical (unpaired) electrons. The van der Waals surface area contributed by atoms with Crippen LogP contribution in [0, 0.1) is 11.8 Å². The zero-order valence-corrected chi connectivity index (χ0v) is 17.5. The van der Waals surface area contributed by atoms with Crippen LogP contribution in [-0.2, 0) is 14.8 Å². The van der Waals surface area contributed by atoms with Crippen molar-refractivity contribution in [3.8, 4) is 0 Å². The smallest absolute Gasteiger partial charge is 0.285 e. The standard InChI is InChI=1S/C22H29N3O3S/c26-22(23-17-12-11-15-6-1-2-7-16(15)14-17)19-9-5-13-25(19)21-18-8-3-4-10-20(18)29(27,28)24-21/h3-4,8,10,15-17,19H,1-2,5-7,9,11-14H2,(H,23,26). The lowest BCUT2D eigenvalue weighted by Gasteiger charge is -2.40. The fourth-order valence-corrected chi connectivity index (χ4v) is 7.11. The second-order valence-electron chi connectivity index (χ2n) is 9.06. The third kappa shape index (κ3) is 3.47. The van der Waals surface area contributed by atoms with Gasteiger partial charge in [0, 0.05) is 18.2 Å². The molecule has 2 saturated carbocycles. The number of amides is 1. The molecule has 4 aliphatic rings. The molecule has 6 nitrogen and oxygen atoms in total. The van der Waals surface area contributed by atoms with Gasteiger partial charge >= 0.3 is 0 Å². The number of fused-ring (bicyclic) bond motifs is 2. The fourth-order valence-electron chi connectivity index (χ4n) is 5.89. The van der Waals surface area contributed by atoms with Crippen molar-refractivity contribution >= 4 is 21.8 Å². The van der Waals surface area contributed by atoms with Crippen LogP contribution in [0.15, 0.2) is 33.6 Å². The summed E-state index contributed by atoms with van der Waals surface area (Å²) in [6.07, 6.45) is 10.4. The molecule has 1 saturated heterocycles. The maximum atomic E-state index is 13.2. The number of benzene rings is 1. The highest BCUT2D eigenvalue weighted by Gasteiger charge is 2.40. The summed E-state index contributed by atoms with van der Waals surface area (Å²) in [6, 6.07) is 6.84. The van der Waals surface area contributed by atoms with E-state index in [1.165, 1.54) is 32.1 Å². The van der Waals surface area contributed by atoms with Gasteiger partial charge < -0.3 is 10.2 Å². The van der Waals surface area contributed by atoms with Crippen LogP contribution in [0.4, 0.5) is 0 Å². The van der Waals surface area contributed by atoms with Gasteiger partial charge in [-0.2, -0.15) is 8.42 Å². The minimum atomic E-state index is -3.67. The Hall–Kier alpha value is -1.89. The van der Waals surface area contributed by atoms with Gasteiger partial charge in [-0.1, -0.05) is 37.8 Å². The van der Waals surface area contributed by atoms with Gasteiger partial charge in [0.25, 0.3) is 10.0 Å². The molecular formula is C22H29N3O3S. The van der Waals surface area contributed by atoms with E-state index in [4.69, 9.17) is 0 Å². The summed E-state index contributed by atoms with van der Waals surface area (Å²) in [5, 5.41) is 3.31. The lowest BCUT2D eigenvalue weighted by Crippen LogP contribution is -2.50. The zero-order chi connectivity index (χ0) is 20.0. The molecule has 3 fully saturated rings. The summed E-state index contributed by atoms with van der Waals surface area (Å²) in [7, 11) is -3.67. The van der Waals surface area contributed by atoms with Crippen LogP contribution in [-0.4, -0.2) is 43.7 Å². The molecule has 1 aromatic carbocycles. The average molecular weight is 416 g/mol. The van der Waals surface area contributed by atoms with Gasteiger partial charge in [0.2, 0.25) is 5.91 Å². The first-order chi connectivity index (χ1) is 14.0. The third-order valence-electron chi connectivity index (χ3n) is 7.33. The maximum absolute atomic E-state index is 13.2. The molecule has 5 rings (SSSR count). The monoisotopic (exact) mass is 415 g/mol. The number of sulfonamides is 1. The van der Waals surface area contributed by atoms with E-state index in [1.54, 1.807) is 18.2 Å². The van der Waals surface area contributed by atoms with Crippen LogP contribution >= 0.6 is 0 Å². The Morgan fingerprint density at radius 2 is 1.79 bits per heavy atom. The van der Waals surface area contributed by atoms with Crippen LogP contribution in [0.25, 0.3) is 0 Å². The molecule has 1 amide bonds. The topological polar surface area (TPSA) is 78.8 Å². The van der Waals surface area contributed by atoms with Crippen LogP contribution < -0.4 is 5.32 Å². The molecule has 4 atom stereocenters. The fraction of sp³-hybridized carbons (Fsp3) is 0.636. The summed E-state index contributed by atoms with van der Waals surface area (Å²) in [5.74, 6) is 2.09. The highest BCUT2D eigenvalue weighted by Crippen LogP contribution is 2.40. The van der Waals surface area contributed by atoms with Crippen molar-refractivity contribution in [1.82, 2.24) is 10.2 Å². The van der Waals surface area contributed by atoms with E-state index in [2.05, 4.69) is 9.71 Å². The number of hydrogen-bond donors (Lipinski definition) is 1. The predicted molar refractivity (Wildman–Crippen MR) is 111 cm³/mol. The van der Waals surface area contributed by atoms with Crippen molar-refractivity contribution in [2.45, 2.75) is 74.8 Å². The first-order valence-corrected chi connectivity index (χ1v) is 12.5. The molecular weight excluding hydrogens is 386 g/mol. The largest absolute Gasteiger partial charge is 0.352 e. The number of carbonyl (C=O) groups is 1. The third-order valence-corrected chi connectivity index (χ3v) is 8.65. The van der Waals surface area contributed by atoms with Gasteiger partial charge in [-0.3, -0.25) is 4.79 Å². The molecule has 2 aliphatic heterocycles. The number of likely N-dealkylation sites (tertiary alicyclic amines) is 1. The summed E-state index contributed by atoms with van der Waals surface area (Å²) in [4.78, 5) is 15.3. The highest BCUT2D eigenvalue weighted by atomic mass is 32.2. The number of nitrogens with zero attached hydrogens (tertiary/aromatic N) is 2. The molecule has 2 heterocycles. The van der Waals surface area contributed by atoms with E-state index in [0.29, 0.717) is 17.9 Å². The molecule has 4 unspecified atom stereocenters.